The molecule has 1 aromatic carbocycles. The molecule has 1 amide bonds. The molecule has 0 aromatic heterocycles. The van der Waals surface area contributed by atoms with Gasteiger partial charge in [-0.25, -0.2) is 0 Å². The van der Waals surface area contributed by atoms with E-state index in [0.29, 0.717) is 32.4 Å². The Kier molecular flexibility index (Phi) is 3.68. The second-order valence-corrected chi connectivity index (χ2v) is 6.02. The molecule has 0 radical (unpaired) electrons. The van der Waals surface area contributed by atoms with Gasteiger partial charge in [-0.1, -0.05) is 35.5 Å². The number of piperidine rings is 1. The average Bonchev–Trinajstić information content (AvgIpc) is 2.97. The van der Waals surface area contributed by atoms with Gasteiger partial charge in [-0.15, -0.1) is 0 Å². The third kappa shape index (κ3) is 3.08. The number of carbonyl (C=O) groups is 1. The highest BCUT2D eigenvalue weighted by Crippen LogP contribution is 2.24. The van der Waals surface area contributed by atoms with Crippen molar-refractivity contribution in [3.8, 4) is 0 Å². The van der Waals surface area contributed by atoms with E-state index in [1.165, 1.54) is 0 Å². The van der Waals surface area contributed by atoms with Crippen LogP contribution >= 0.6 is 0 Å². The second kappa shape index (κ2) is 5.48. The number of hydrogen-bond acceptors (Lipinski definition) is 4. The standard InChI is InChI=1S/C16H20N2O3/c1-16(20)7-9-18(10-8-16)15(19)14-11-13(17-21-14)12-5-3-2-4-6-12/h2-6,14,20H,7-11H2,1H3. The molecule has 2 aliphatic heterocycles. The number of rotatable bonds is 2. The zero-order chi connectivity index (χ0) is 14.9. The lowest BCUT2D eigenvalue weighted by Crippen LogP contribution is -2.48. The van der Waals surface area contributed by atoms with Crippen LogP contribution in [-0.2, 0) is 9.63 Å². The van der Waals surface area contributed by atoms with Gasteiger partial charge >= 0.3 is 0 Å². The van der Waals surface area contributed by atoms with Crippen LogP contribution in [0.2, 0.25) is 0 Å². The van der Waals surface area contributed by atoms with Crippen molar-refractivity contribution in [2.75, 3.05) is 13.1 Å². The van der Waals surface area contributed by atoms with E-state index in [1.807, 2.05) is 37.3 Å². The molecule has 0 saturated carbocycles. The van der Waals surface area contributed by atoms with E-state index in [0.717, 1.165) is 11.3 Å². The number of nitrogens with zero attached hydrogens (tertiary/aromatic N) is 2. The molecule has 1 atom stereocenters. The van der Waals surface area contributed by atoms with Gasteiger partial charge in [0.15, 0.2) is 0 Å². The first-order valence-electron chi connectivity index (χ1n) is 7.34. The summed E-state index contributed by atoms with van der Waals surface area (Å²) >= 11 is 0. The van der Waals surface area contributed by atoms with Gasteiger partial charge in [0.2, 0.25) is 6.10 Å². The molecule has 0 bridgehead atoms. The van der Waals surface area contributed by atoms with Crippen LogP contribution in [0.4, 0.5) is 0 Å². The third-order valence-corrected chi connectivity index (χ3v) is 4.20. The molecule has 0 aliphatic carbocycles. The van der Waals surface area contributed by atoms with Crippen molar-refractivity contribution < 1.29 is 14.7 Å². The van der Waals surface area contributed by atoms with Gasteiger partial charge in [0.1, 0.15) is 0 Å². The normalized spacial score (nSPS) is 24.4. The Hall–Kier alpha value is -1.88. The molecule has 0 spiro atoms. The summed E-state index contributed by atoms with van der Waals surface area (Å²) in [7, 11) is 0. The molecule has 112 valence electrons. The molecule has 1 saturated heterocycles. The second-order valence-electron chi connectivity index (χ2n) is 6.02. The van der Waals surface area contributed by atoms with Crippen molar-refractivity contribution in [3.05, 3.63) is 35.9 Å². The SMILES string of the molecule is CC1(O)CCN(C(=O)C2CC(c3ccccc3)=NO2)CC1. The zero-order valence-corrected chi connectivity index (χ0v) is 12.2. The maximum Gasteiger partial charge on any atom is 0.266 e. The summed E-state index contributed by atoms with van der Waals surface area (Å²) < 4.78 is 0. The number of likely N-dealkylation sites (tertiary alicyclic amines) is 1. The first-order chi connectivity index (χ1) is 10.1. The topological polar surface area (TPSA) is 62.1 Å². The first kappa shape index (κ1) is 14.1. The maximum absolute atomic E-state index is 12.4. The summed E-state index contributed by atoms with van der Waals surface area (Å²) in [6, 6.07) is 9.77. The summed E-state index contributed by atoms with van der Waals surface area (Å²) in [6.45, 7) is 2.97. The molecule has 21 heavy (non-hydrogen) atoms. The molecule has 5 heteroatoms. The van der Waals surface area contributed by atoms with Crippen LogP contribution in [0.5, 0.6) is 0 Å². The Morgan fingerprint density at radius 3 is 2.67 bits per heavy atom. The fraction of sp³-hybridized carbons (Fsp3) is 0.500. The molecular formula is C16H20N2O3. The minimum Gasteiger partial charge on any atom is -0.390 e. The monoisotopic (exact) mass is 288 g/mol. The summed E-state index contributed by atoms with van der Waals surface area (Å²) in [5.74, 6) is -0.0276. The van der Waals surface area contributed by atoms with Gasteiger partial charge in [0, 0.05) is 19.5 Å². The van der Waals surface area contributed by atoms with Gasteiger partial charge in [-0.2, -0.15) is 0 Å². The molecule has 1 N–H and O–H groups in total. The van der Waals surface area contributed by atoms with Gasteiger partial charge < -0.3 is 14.8 Å². The van der Waals surface area contributed by atoms with Crippen LogP contribution in [0.25, 0.3) is 0 Å². The lowest BCUT2D eigenvalue weighted by Gasteiger charge is -2.36. The van der Waals surface area contributed by atoms with Gasteiger partial charge in [0.05, 0.1) is 11.3 Å². The highest BCUT2D eigenvalue weighted by molar-refractivity contribution is 6.04. The lowest BCUT2D eigenvalue weighted by atomic mass is 9.93. The summed E-state index contributed by atoms with van der Waals surface area (Å²) in [5.41, 5.74) is 1.16. The molecule has 1 aromatic rings. The number of hydrogen-bond donors (Lipinski definition) is 1. The van der Waals surface area contributed by atoms with Crippen molar-refractivity contribution in [2.45, 2.75) is 37.9 Å². The van der Waals surface area contributed by atoms with Crippen LogP contribution in [0.1, 0.15) is 31.7 Å². The Bertz CT molecular complexity index is 544. The summed E-state index contributed by atoms with van der Waals surface area (Å²) in [5, 5.41) is 14.0. The molecule has 5 nitrogen and oxygen atoms in total. The van der Waals surface area contributed by atoms with E-state index in [4.69, 9.17) is 4.84 Å². The quantitative estimate of drug-likeness (QED) is 0.898. The molecule has 1 unspecified atom stereocenters. The van der Waals surface area contributed by atoms with Crippen molar-refractivity contribution in [2.24, 2.45) is 5.16 Å². The Morgan fingerprint density at radius 1 is 1.33 bits per heavy atom. The minimum atomic E-state index is -0.654. The highest BCUT2D eigenvalue weighted by atomic mass is 16.6. The smallest absolute Gasteiger partial charge is 0.266 e. The summed E-state index contributed by atoms with van der Waals surface area (Å²) in [6.07, 6.45) is 1.20. The number of carbonyl (C=O) groups excluding carboxylic acids is 1. The molecular weight excluding hydrogens is 268 g/mol. The minimum absolute atomic E-state index is 0.0276. The van der Waals surface area contributed by atoms with E-state index >= 15 is 0 Å². The number of oxime groups is 1. The number of benzene rings is 1. The van der Waals surface area contributed by atoms with E-state index in [1.54, 1.807) is 4.90 Å². The Morgan fingerprint density at radius 2 is 2.00 bits per heavy atom. The maximum atomic E-state index is 12.4. The molecule has 2 heterocycles. The van der Waals surface area contributed by atoms with Gasteiger partial charge in [-0.05, 0) is 25.3 Å². The predicted octanol–water partition coefficient (Wildman–Crippen LogP) is 1.55. The fourth-order valence-electron chi connectivity index (χ4n) is 2.72. The van der Waals surface area contributed by atoms with E-state index in [-0.39, 0.29) is 5.91 Å². The zero-order valence-electron chi connectivity index (χ0n) is 12.2. The van der Waals surface area contributed by atoms with Gasteiger partial charge in [0.25, 0.3) is 5.91 Å². The largest absolute Gasteiger partial charge is 0.390 e. The summed E-state index contributed by atoms with van der Waals surface area (Å²) in [4.78, 5) is 19.5. The van der Waals surface area contributed by atoms with Crippen LogP contribution < -0.4 is 0 Å². The highest BCUT2D eigenvalue weighted by Gasteiger charge is 2.36. The first-order valence-corrected chi connectivity index (χ1v) is 7.34. The Labute approximate surface area is 124 Å². The van der Waals surface area contributed by atoms with E-state index in [2.05, 4.69) is 5.16 Å². The van der Waals surface area contributed by atoms with E-state index in [9.17, 15) is 9.90 Å². The van der Waals surface area contributed by atoms with Gasteiger partial charge in [-0.3, -0.25) is 4.79 Å². The van der Waals surface area contributed by atoms with Crippen molar-refractivity contribution in [3.63, 3.8) is 0 Å². The molecule has 2 aliphatic rings. The van der Waals surface area contributed by atoms with Crippen molar-refractivity contribution in [1.29, 1.82) is 0 Å². The van der Waals surface area contributed by atoms with Crippen LogP contribution in [0.3, 0.4) is 0 Å². The van der Waals surface area contributed by atoms with E-state index < -0.39 is 11.7 Å². The fourth-order valence-corrected chi connectivity index (χ4v) is 2.72. The molecule has 3 rings (SSSR count). The third-order valence-electron chi connectivity index (χ3n) is 4.20. The van der Waals surface area contributed by atoms with Crippen LogP contribution in [0.15, 0.2) is 35.5 Å². The van der Waals surface area contributed by atoms with Crippen molar-refractivity contribution >= 4 is 11.6 Å². The van der Waals surface area contributed by atoms with Crippen LogP contribution in [0, 0.1) is 0 Å². The number of amides is 1. The Balaban J connectivity index is 1.59. The van der Waals surface area contributed by atoms with Crippen LogP contribution in [-0.4, -0.2) is 46.4 Å². The molecule has 1 fully saturated rings. The average molecular weight is 288 g/mol. The lowest BCUT2D eigenvalue weighted by molar-refractivity contribution is -0.145. The predicted molar refractivity (Wildman–Crippen MR) is 78.9 cm³/mol. The number of aliphatic hydroxyl groups is 1. The van der Waals surface area contributed by atoms with Crippen molar-refractivity contribution in [1.82, 2.24) is 4.90 Å².